The van der Waals surface area contributed by atoms with Crippen LogP contribution in [-0.2, 0) is 25.3 Å². The molecule has 0 radical (unpaired) electrons. The van der Waals surface area contributed by atoms with Crippen LogP contribution in [0.1, 0.15) is 5.56 Å². The topological polar surface area (TPSA) is 72.5 Å². The molecule has 1 N–H and O–H groups in total. The van der Waals surface area contributed by atoms with Gasteiger partial charge in [0.15, 0.2) is 0 Å². The van der Waals surface area contributed by atoms with Gasteiger partial charge in [0.2, 0.25) is 10.0 Å². The number of sulfonamides is 1. The van der Waals surface area contributed by atoms with E-state index in [2.05, 4.69) is 9.46 Å². The van der Waals surface area contributed by atoms with Gasteiger partial charge >= 0.3 is 5.97 Å². The number of benzene rings is 2. The minimum Gasteiger partial charge on any atom is -0.468 e. The van der Waals surface area contributed by atoms with Crippen molar-refractivity contribution in [3.63, 3.8) is 0 Å². The molecule has 26 heavy (non-hydrogen) atoms. The van der Waals surface area contributed by atoms with E-state index in [0.717, 1.165) is 23.8 Å². The molecule has 0 amide bonds. The molecular formula is C17H17ClFNO4S2. The normalized spacial score (nSPS) is 12.6. The Morgan fingerprint density at radius 3 is 2.58 bits per heavy atom. The lowest BCUT2D eigenvalue weighted by Gasteiger charge is -2.16. The van der Waals surface area contributed by atoms with Crippen molar-refractivity contribution in [2.24, 2.45) is 0 Å². The van der Waals surface area contributed by atoms with E-state index < -0.39 is 27.9 Å². The summed E-state index contributed by atoms with van der Waals surface area (Å²) in [6.45, 7) is 0. The number of ether oxygens (including phenoxy) is 1. The van der Waals surface area contributed by atoms with Crippen LogP contribution in [0.4, 0.5) is 4.39 Å². The van der Waals surface area contributed by atoms with E-state index in [-0.39, 0.29) is 15.7 Å². The SMILES string of the molecule is COC(=O)[C@H](CSCc1ccccc1)NS(=O)(=O)c1ccc(F)c(Cl)c1. The lowest BCUT2D eigenvalue weighted by Crippen LogP contribution is -2.43. The van der Waals surface area contributed by atoms with Crippen molar-refractivity contribution in [3.05, 3.63) is 64.9 Å². The fourth-order valence-electron chi connectivity index (χ4n) is 2.06. The van der Waals surface area contributed by atoms with Gasteiger partial charge in [-0.05, 0) is 23.8 Å². The molecule has 0 aliphatic carbocycles. The largest absolute Gasteiger partial charge is 0.468 e. The minimum atomic E-state index is -4.06. The minimum absolute atomic E-state index is 0.176. The molecule has 0 aromatic heterocycles. The molecular weight excluding hydrogens is 401 g/mol. The summed E-state index contributed by atoms with van der Waals surface area (Å²) in [4.78, 5) is 11.7. The average molecular weight is 418 g/mol. The Hall–Kier alpha value is -1.61. The number of hydrogen-bond acceptors (Lipinski definition) is 5. The molecule has 5 nitrogen and oxygen atoms in total. The highest BCUT2D eigenvalue weighted by molar-refractivity contribution is 7.98. The van der Waals surface area contributed by atoms with Gasteiger partial charge in [0.05, 0.1) is 17.0 Å². The predicted octanol–water partition coefficient (Wildman–Crippen LogP) is 3.23. The van der Waals surface area contributed by atoms with Crippen molar-refractivity contribution in [1.82, 2.24) is 4.72 Å². The number of hydrogen-bond donors (Lipinski definition) is 1. The Morgan fingerprint density at radius 1 is 1.27 bits per heavy atom. The quantitative estimate of drug-likeness (QED) is 0.667. The van der Waals surface area contributed by atoms with Crippen molar-refractivity contribution in [1.29, 1.82) is 0 Å². The lowest BCUT2D eigenvalue weighted by molar-refractivity contribution is -0.141. The Morgan fingerprint density at radius 2 is 1.96 bits per heavy atom. The first-order valence-corrected chi connectivity index (χ1v) is 10.5. The van der Waals surface area contributed by atoms with Crippen molar-refractivity contribution >= 4 is 39.4 Å². The summed E-state index contributed by atoms with van der Waals surface area (Å²) in [6.07, 6.45) is 0. The zero-order chi connectivity index (χ0) is 19.2. The van der Waals surface area contributed by atoms with Gasteiger partial charge in [-0.2, -0.15) is 16.5 Å². The Balaban J connectivity index is 2.08. The van der Waals surface area contributed by atoms with Crippen LogP contribution in [0, 0.1) is 5.82 Å². The molecule has 9 heteroatoms. The second kappa shape index (κ2) is 9.36. The fraction of sp³-hybridized carbons (Fsp3) is 0.235. The number of halogens is 2. The summed E-state index contributed by atoms with van der Waals surface area (Å²) in [6, 6.07) is 11.5. The summed E-state index contributed by atoms with van der Waals surface area (Å²) < 4.78 is 45.1. The van der Waals surface area contributed by atoms with Crippen LogP contribution in [0.3, 0.4) is 0 Å². The molecule has 0 saturated carbocycles. The van der Waals surface area contributed by atoms with E-state index in [9.17, 15) is 17.6 Å². The number of methoxy groups -OCH3 is 1. The standard InChI is InChI=1S/C17H17ClFNO4S2/c1-24-17(21)16(11-25-10-12-5-3-2-4-6-12)20-26(22,23)13-7-8-15(19)14(18)9-13/h2-9,16,20H,10-11H2,1H3/t16-/m0/s1. The van der Waals surface area contributed by atoms with Gasteiger partial charge in [0, 0.05) is 11.5 Å². The number of carbonyl (C=O) groups is 1. The van der Waals surface area contributed by atoms with Crippen molar-refractivity contribution in [3.8, 4) is 0 Å². The number of nitrogens with one attached hydrogen (secondary N) is 1. The maximum Gasteiger partial charge on any atom is 0.324 e. The highest BCUT2D eigenvalue weighted by Crippen LogP contribution is 2.20. The molecule has 0 fully saturated rings. The number of thioether (sulfide) groups is 1. The van der Waals surface area contributed by atoms with E-state index in [1.165, 1.54) is 18.9 Å². The van der Waals surface area contributed by atoms with E-state index in [1.807, 2.05) is 30.3 Å². The van der Waals surface area contributed by atoms with Crippen LogP contribution in [0.25, 0.3) is 0 Å². The lowest BCUT2D eigenvalue weighted by atomic mass is 10.2. The third-order valence-electron chi connectivity index (χ3n) is 3.38. The smallest absolute Gasteiger partial charge is 0.324 e. The molecule has 140 valence electrons. The number of carbonyl (C=O) groups excluding carboxylic acids is 1. The zero-order valence-corrected chi connectivity index (χ0v) is 16.2. The summed E-state index contributed by atoms with van der Waals surface area (Å²) >= 11 is 7.02. The van der Waals surface area contributed by atoms with Crippen LogP contribution in [0.15, 0.2) is 53.4 Å². The van der Waals surface area contributed by atoms with Gasteiger partial charge in [-0.15, -0.1) is 0 Å². The van der Waals surface area contributed by atoms with Crippen LogP contribution in [0.2, 0.25) is 5.02 Å². The van der Waals surface area contributed by atoms with E-state index in [0.29, 0.717) is 5.75 Å². The predicted molar refractivity (Wildman–Crippen MR) is 100 cm³/mol. The zero-order valence-electron chi connectivity index (χ0n) is 13.8. The van der Waals surface area contributed by atoms with Gasteiger partial charge in [-0.3, -0.25) is 4.79 Å². The van der Waals surface area contributed by atoms with E-state index in [4.69, 9.17) is 11.6 Å². The van der Waals surface area contributed by atoms with Crippen molar-refractivity contribution in [2.75, 3.05) is 12.9 Å². The molecule has 1 atom stereocenters. The summed E-state index contributed by atoms with van der Waals surface area (Å²) in [7, 11) is -2.88. The Bertz CT molecular complexity index is 862. The van der Waals surface area contributed by atoms with Gasteiger partial charge in [-0.25, -0.2) is 12.8 Å². The average Bonchev–Trinajstić information content (AvgIpc) is 2.63. The van der Waals surface area contributed by atoms with Crippen LogP contribution >= 0.6 is 23.4 Å². The highest BCUT2D eigenvalue weighted by atomic mass is 35.5. The van der Waals surface area contributed by atoms with Gasteiger partial charge in [0.25, 0.3) is 0 Å². The third-order valence-corrected chi connectivity index (χ3v) is 6.25. The Labute approximate surface area is 160 Å². The first-order valence-electron chi connectivity index (χ1n) is 7.50. The monoisotopic (exact) mass is 417 g/mol. The number of esters is 1. The van der Waals surface area contributed by atoms with E-state index in [1.54, 1.807) is 0 Å². The maximum absolute atomic E-state index is 13.2. The van der Waals surface area contributed by atoms with Crippen LogP contribution in [-0.4, -0.2) is 33.3 Å². The molecule has 0 saturated heterocycles. The molecule has 0 bridgehead atoms. The molecule has 2 aromatic rings. The van der Waals surface area contributed by atoms with Crippen LogP contribution in [0.5, 0.6) is 0 Å². The molecule has 0 spiro atoms. The van der Waals surface area contributed by atoms with Crippen molar-refractivity contribution in [2.45, 2.75) is 16.7 Å². The molecule has 2 rings (SSSR count). The molecule has 0 unspecified atom stereocenters. The number of rotatable bonds is 8. The second-order valence-corrected chi connectivity index (χ2v) is 8.43. The second-order valence-electron chi connectivity index (χ2n) is 5.27. The van der Waals surface area contributed by atoms with E-state index >= 15 is 0 Å². The van der Waals surface area contributed by atoms with Gasteiger partial charge in [-0.1, -0.05) is 41.9 Å². The molecule has 0 aliphatic rings. The third kappa shape index (κ3) is 5.70. The molecule has 0 heterocycles. The van der Waals surface area contributed by atoms with Gasteiger partial charge < -0.3 is 4.74 Å². The van der Waals surface area contributed by atoms with Gasteiger partial charge in [0.1, 0.15) is 11.9 Å². The summed E-state index contributed by atoms with van der Waals surface area (Å²) in [5, 5.41) is -0.319. The first kappa shape index (κ1) is 20.7. The summed E-state index contributed by atoms with van der Waals surface area (Å²) in [5.74, 6) is -0.648. The van der Waals surface area contributed by atoms with Crippen LogP contribution < -0.4 is 4.72 Å². The fourth-order valence-corrected chi connectivity index (χ4v) is 4.62. The molecule has 0 aliphatic heterocycles. The Kier molecular flexibility index (Phi) is 7.45. The first-order chi connectivity index (χ1) is 12.3. The maximum atomic E-state index is 13.2. The van der Waals surface area contributed by atoms with Crippen molar-refractivity contribution < 1.29 is 22.3 Å². The summed E-state index contributed by atoms with van der Waals surface area (Å²) in [5.41, 5.74) is 1.05. The molecule has 2 aromatic carbocycles. The highest BCUT2D eigenvalue weighted by Gasteiger charge is 2.27.